The molecule has 0 aliphatic rings. The lowest BCUT2D eigenvalue weighted by molar-refractivity contribution is 0.112. The molecule has 2 atom stereocenters. The van der Waals surface area contributed by atoms with Gasteiger partial charge < -0.3 is 4.84 Å². The molecule has 0 fully saturated rings. The Hall–Kier alpha value is -0.0800. The fraction of sp³-hybridized carbons (Fsp3) is 1.00. The van der Waals surface area contributed by atoms with Crippen molar-refractivity contribution in [3.63, 3.8) is 0 Å². The van der Waals surface area contributed by atoms with Crippen molar-refractivity contribution in [1.82, 2.24) is 0 Å². The molecule has 0 amide bonds. The van der Waals surface area contributed by atoms with Gasteiger partial charge in [-0.1, -0.05) is 33.6 Å². The maximum atomic E-state index is 4.97. The first-order chi connectivity index (χ1) is 5.26. The summed E-state index contributed by atoms with van der Waals surface area (Å²) in [6.45, 7) is 7.46. The van der Waals surface area contributed by atoms with E-state index < -0.39 is 0 Å². The van der Waals surface area contributed by atoms with Crippen molar-refractivity contribution in [1.29, 1.82) is 0 Å². The van der Waals surface area contributed by atoms with E-state index in [1.807, 2.05) is 0 Å². The van der Waals surface area contributed by atoms with Gasteiger partial charge in [-0.05, 0) is 18.3 Å². The Kier molecular flexibility index (Phi) is 6.57. The summed E-state index contributed by atoms with van der Waals surface area (Å²) in [5.74, 6) is 6.56. The van der Waals surface area contributed by atoms with Crippen LogP contribution in [-0.4, -0.2) is 6.61 Å². The molecule has 0 spiro atoms. The predicted molar refractivity (Wildman–Crippen MR) is 48.0 cm³/mol. The summed E-state index contributed by atoms with van der Waals surface area (Å²) < 4.78 is 0. The van der Waals surface area contributed by atoms with Crippen LogP contribution in [0.2, 0.25) is 0 Å². The highest BCUT2D eigenvalue weighted by molar-refractivity contribution is 4.63. The zero-order chi connectivity index (χ0) is 8.69. The molecular weight excluding hydrogens is 138 g/mol. The van der Waals surface area contributed by atoms with E-state index in [-0.39, 0.29) is 0 Å². The summed E-state index contributed by atoms with van der Waals surface area (Å²) in [5.41, 5.74) is 0. The Morgan fingerprint density at radius 3 is 2.27 bits per heavy atom. The van der Waals surface area contributed by atoms with Gasteiger partial charge in [0.15, 0.2) is 0 Å². The minimum absolute atomic E-state index is 0.697. The molecule has 0 heterocycles. The third kappa shape index (κ3) is 4.38. The van der Waals surface area contributed by atoms with Crippen LogP contribution in [0.15, 0.2) is 0 Å². The molecule has 0 aliphatic carbocycles. The van der Waals surface area contributed by atoms with Gasteiger partial charge in [0, 0.05) is 0 Å². The number of nitrogens with two attached hydrogens (primary N) is 1. The third-order valence-electron chi connectivity index (χ3n) is 2.58. The fourth-order valence-corrected chi connectivity index (χ4v) is 1.44. The van der Waals surface area contributed by atoms with Gasteiger partial charge in [-0.3, -0.25) is 0 Å². The first-order valence-corrected chi connectivity index (χ1v) is 4.57. The Labute approximate surface area is 70.1 Å². The molecule has 0 saturated carbocycles. The highest BCUT2D eigenvalue weighted by Crippen LogP contribution is 2.21. The van der Waals surface area contributed by atoms with Crippen molar-refractivity contribution < 1.29 is 4.84 Å². The molecule has 1 unspecified atom stereocenters. The van der Waals surface area contributed by atoms with E-state index in [1.54, 1.807) is 0 Å². The van der Waals surface area contributed by atoms with Crippen molar-refractivity contribution >= 4 is 0 Å². The van der Waals surface area contributed by atoms with Crippen molar-refractivity contribution in [2.45, 2.75) is 40.0 Å². The molecule has 11 heavy (non-hydrogen) atoms. The second-order valence-corrected chi connectivity index (χ2v) is 3.21. The van der Waals surface area contributed by atoms with Crippen LogP contribution in [0, 0.1) is 11.8 Å². The number of hydrogen-bond acceptors (Lipinski definition) is 2. The van der Waals surface area contributed by atoms with E-state index in [9.17, 15) is 0 Å². The topological polar surface area (TPSA) is 35.2 Å². The van der Waals surface area contributed by atoms with Crippen molar-refractivity contribution in [2.24, 2.45) is 17.7 Å². The number of hydrogen-bond donors (Lipinski definition) is 1. The quantitative estimate of drug-likeness (QED) is 0.604. The minimum Gasteiger partial charge on any atom is -0.305 e. The van der Waals surface area contributed by atoms with E-state index in [1.165, 1.54) is 12.8 Å². The fourth-order valence-electron chi connectivity index (χ4n) is 1.44. The zero-order valence-electron chi connectivity index (χ0n) is 7.97. The highest BCUT2D eigenvalue weighted by Gasteiger charge is 2.12. The lowest BCUT2D eigenvalue weighted by atomic mass is 9.87. The van der Waals surface area contributed by atoms with Crippen LogP contribution in [-0.2, 0) is 4.84 Å². The average Bonchev–Trinajstić information content (AvgIpc) is 2.05. The molecule has 0 aromatic heterocycles. The van der Waals surface area contributed by atoms with E-state index in [0.29, 0.717) is 6.61 Å². The first-order valence-electron chi connectivity index (χ1n) is 4.57. The second kappa shape index (κ2) is 6.62. The first kappa shape index (κ1) is 10.9. The van der Waals surface area contributed by atoms with Crippen LogP contribution in [0.4, 0.5) is 0 Å². The van der Waals surface area contributed by atoms with Gasteiger partial charge in [0.2, 0.25) is 0 Å². The molecule has 2 heteroatoms. The molecule has 0 aromatic rings. The monoisotopic (exact) mass is 159 g/mol. The molecule has 0 saturated heterocycles. The van der Waals surface area contributed by atoms with Crippen LogP contribution in [0.1, 0.15) is 40.0 Å². The Bertz CT molecular complexity index is 85.6. The molecule has 0 aliphatic heterocycles. The second-order valence-electron chi connectivity index (χ2n) is 3.21. The maximum absolute atomic E-state index is 4.97. The van der Waals surface area contributed by atoms with Gasteiger partial charge in [-0.2, -0.15) is 0 Å². The molecule has 0 aromatic carbocycles. The van der Waals surface area contributed by atoms with E-state index in [0.717, 1.165) is 18.3 Å². The zero-order valence-corrected chi connectivity index (χ0v) is 7.97. The van der Waals surface area contributed by atoms with Crippen LogP contribution >= 0.6 is 0 Å². The lowest BCUT2D eigenvalue weighted by Gasteiger charge is -2.20. The van der Waals surface area contributed by atoms with Gasteiger partial charge >= 0.3 is 0 Å². The summed E-state index contributed by atoms with van der Waals surface area (Å²) in [6, 6.07) is 0. The maximum Gasteiger partial charge on any atom is 0.0682 e. The molecule has 2 nitrogen and oxygen atoms in total. The van der Waals surface area contributed by atoms with Gasteiger partial charge in [-0.15, -0.1) is 0 Å². The normalized spacial score (nSPS) is 16.4. The van der Waals surface area contributed by atoms with Crippen LogP contribution < -0.4 is 5.90 Å². The summed E-state index contributed by atoms with van der Waals surface area (Å²) in [4.78, 5) is 4.57. The predicted octanol–water partition coefficient (Wildman–Crippen LogP) is 2.34. The average molecular weight is 159 g/mol. The third-order valence-corrected chi connectivity index (χ3v) is 2.58. The summed E-state index contributed by atoms with van der Waals surface area (Å²) in [6.07, 6.45) is 3.59. The summed E-state index contributed by atoms with van der Waals surface area (Å²) >= 11 is 0. The molecular formula is C9H21NO. The molecule has 68 valence electrons. The summed E-state index contributed by atoms with van der Waals surface area (Å²) in [5, 5.41) is 0. The van der Waals surface area contributed by atoms with Crippen molar-refractivity contribution in [2.75, 3.05) is 6.61 Å². The van der Waals surface area contributed by atoms with Crippen LogP contribution in [0.3, 0.4) is 0 Å². The molecule has 2 N–H and O–H groups in total. The van der Waals surface area contributed by atoms with Gasteiger partial charge in [0.05, 0.1) is 6.61 Å². The van der Waals surface area contributed by atoms with Gasteiger partial charge in [0.25, 0.3) is 0 Å². The van der Waals surface area contributed by atoms with E-state index >= 15 is 0 Å². The summed E-state index contributed by atoms with van der Waals surface area (Å²) in [7, 11) is 0. The number of rotatable bonds is 6. The molecule has 0 bridgehead atoms. The van der Waals surface area contributed by atoms with E-state index in [4.69, 9.17) is 5.90 Å². The minimum atomic E-state index is 0.697. The largest absolute Gasteiger partial charge is 0.305 e. The van der Waals surface area contributed by atoms with Crippen molar-refractivity contribution in [3.05, 3.63) is 0 Å². The highest BCUT2D eigenvalue weighted by atomic mass is 16.6. The van der Waals surface area contributed by atoms with Crippen LogP contribution in [0.25, 0.3) is 0 Å². The van der Waals surface area contributed by atoms with Gasteiger partial charge in [0.1, 0.15) is 0 Å². The molecule has 0 rings (SSSR count). The van der Waals surface area contributed by atoms with Crippen molar-refractivity contribution in [3.8, 4) is 0 Å². The van der Waals surface area contributed by atoms with Crippen LogP contribution in [0.5, 0.6) is 0 Å². The molecule has 0 radical (unpaired) electrons. The van der Waals surface area contributed by atoms with E-state index in [2.05, 4.69) is 25.6 Å². The standard InChI is InChI=1S/C9H21NO/c1-4-8(3)9(5-2)6-7-11-10/h8-9H,4-7,10H2,1-3H3/t8-,9?/m0/s1. The Morgan fingerprint density at radius 1 is 1.27 bits per heavy atom. The SMILES string of the molecule is CCC(CCON)[C@@H](C)CC. The Morgan fingerprint density at radius 2 is 1.91 bits per heavy atom. The lowest BCUT2D eigenvalue weighted by Crippen LogP contribution is -2.14. The Balaban J connectivity index is 3.56. The smallest absolute Gasteiger partial charge is 0.0682 e. The van der Waals surface area contributed by atoms with Gasteiger partial charge in [-0.25, -0.2) is 5.90 Å².